The Hall–Kier alpha value is -1.68. The second-order valence-corrected chi connectivity index (χ2v) is 10.7. The van der Waals surface area contributed by atoms with Gasteiger partial charge in [-0.15, -0.1) is 0 Å². The summed E-state index contributed by atoms with van der Waals surface area (Å²) in [5.74, 6) is -1.01. The molecule has 8 nitrogen and oxygen atoms in total. The summed E-state index contributed by atoms with van der Waals surface area (Å²) in [4.78, 5) is 28.7. The summed E-state index contributed by atoms with van der Waals surface area (Å²) in [5.41, 5.74) is -0.545. The van der Waals surface area contributed by atoms with E-state index in [-0.39, 0.29) is 41.7 Å². The fourth-order valence-corrected chi connectivity index (χ4v) is 4.78. The molecule has 0 unspecified atom stereocenters. The highest BCUT2D eigenvalue weighted by atomic mass is 35.5. The molecule has 176 valence electrons. The molecule has 0 heterocycles. The number of carbonyl (C=O) groups is 2. The first-order chi connectivity index (χ1) is 14.2. The van der Waals surface area contributed by atoms with Crippen LogP contribution in [0.1, 0.15) is 45.0 Å². The number of carbonyl (C=O) groups excluding carboxylic acids is 2. The maximum atomic E-state index is 13.2. The highest BCUT2D eigenvalue weighted by Gasteiger charge is 2.28. The van der Waals surface area contributed by atoms with Crippen molar-refractivity contribution in [2.45, 2.75) is 45.1 Å². The van der Waals surface area contributed by atoms with Gasteiger partial charge in [-0.25, -0.2) is 8.42 Å². The third kappa shape index (κ3) is 8.07. The standard InChI is InChI=1S/C21H34ClN3O5S/c1-8-25(9-2)31(28,29)18-14-16(10-11-17(18)22)20(27)24(13-12-23(6)7)15-19(26)30-21(3,4)5/h10-11,14H,8-9,12-13,15H2,1-7H3. The number of ether oxygens (including phenoxy) is 1. The minimum absolute atomic E-state index is 0.0374. The number of hydrogen-bond acceptors (Lipinski definition) is 6. The molecular formula is C21H34ClN3O5S. The van der Waals surface area contributed by atoms with Crippen LogP contribution in [0.5, 0.6) is 0 Å². The predicted molar refractivity (Wildman–Crippen MR) is 122 cm³/mol. The number of sulfonamides is 1. The largest absolute Gasteiger partial charge is 0.459 e. The predicted octanol–water partition coefficient (Wildman–Crippen LogP) is 2.72. The van der Waals surface area contributed by atoms with Crippen LogP contribution in [0.3, 0.4) is 0 Å². The van der Waals surface area contributed by atoms with Gasteiger partial charge in [0.25, 0.3) is 5.91 Å². The number of rotatable bonds is 10. The van der Waals surface area contributed by atoms with Gasteiger partial charge in [-0.2, -0.15) is 4.31 Å². The van der Waals surface area contributed by atoms with Crippen LogP contribution >= 0.6 is 11.6 Å². The maximum absolute atomic E-state index is 13.2. The molecule has 0 saturated heterocycles. The van der Waals surface area contributed by atoms with Gasteiger partial charge < -0.3 is 14.5 Å². The van der Waals surface area contributed by atoms with Crippen LogP contribution in [0.25, 0.3) is 0 Å². The molecule has 0 spiro atoms. The summed E-state index contributed by atoms with van der Waals surface area (Å²) >= 11 is 6.17. The Balaban J connectivity index is 3.29. The van der Waals surface area contributed by atoms with Crippen LogP contribution < -0.4 is 0 Å². The first-order valence-electron chi connectivity index (χ1n) is 10.2. The fraction of sp³-hybridized carbons (Fsp3) is 0.619. The SMILES string of the molecule is CCN(CC)S(=O)(=O)c1cc(C(=O)N(CCN(C)C)CC(=O)OC(C)(C)C)ccc1Cl. The number of esters is 1. The van der Waals surface area contributed by atoms with Crippen molar-refractivity contribution in [1.82, 2.24) is 14.1 Å². The number of benzene rings is 1. The van der Waals surface area contributed by atoms with E-state index in [1.165, 1.54) is 27.4 Å². The average Bonchev–Trinajstić information content (AvgIpc) is 2.64. The third-order valence-corrected chi connectivity index (χ3v) is 6.88. The van der Waals surface area contributed by atoms with Gasteiger partial charge in [0.2, 0.25) is 10.0 Å². The Bertz CT molecular complexity index is 877. The monoisotopic (exact) mass is 475 g/mol. The molecular weight excluding hydrogens is 442 g/mol. The molecule has 1 aromatic carbocycles. The van der Waals surface area contributed by atoms with Crippen molar-refractivity contribution in [2.24, 2.45) is 0 Å². The molecule has 0 fully saturated rings. The highest BCUT2D eigenvalue weighted by molar-refractivity contribution is 7.89. The number of halogens is 1. The van der Waals surface area contributed by atoms with Crippen LogP contribution in [-0.4, -0.2) is 86.8 Å². The van der Waals surface area contributed by atoms with Crippen molar-refractivity contribution in [2.75, 3.05) is 46.8 Å². The summed E-state index contributed by atoms with van der Waals surface area (Å²) in [5, 5.41) is 0.0374. The number of nitrogens with zero attached hydrogens (tertiary/aromatic N) is 3. The zero-order valence-electron chi connectivity index (χ0n) is 19.4. The summed E-state index contributed by atoms with van der Waals surface area (Å²) in [6.07, 6.45) is 0. The van der Waals surface area contributed by atoms with Crippen molar-refractivity contribution >= 4 is 33.5 Å². The van der Waals surface area contributed by atoms with E-state index < -0.39 is 27.5 Å². The number of likely N-dealkylation sites (N-methyl/N-ethyl adjacent to an activating group) is 1. The van der Waals surface area contributed by atoms with E-state index in [1.807, 2.05) is 19.0 Å². The second-order valence-electron chi connectivity index (χ2n) is 8.35. The first-order valence-corrected chi connectivity index (χ1v) is 12.0. The van der Waals surface area contributed by atoms with Gasteiger partial charge in [0.1, 0.15) is 17.0 Å². The minimum atomic E-state index is -3.86. The minimum Gasteiger partial charge on any atom is -0.459 e. The van der Waals surface area contributed by atoms with E-state index in [0.717, 1.165) is 0 Å². The molecule has 0 aliphatic rings. The summed E-state index contributed by atoms with van der Waals surface area (Å²) in [6, 6.07) is 4.13. The van der Waals surface area contributed by atoms with E-state index in [9.17, 15) is 18.0 Å². The Morgan fingerprint density at radius 2 is 1.65 bits per heavy atom. The molecule has 10 heteroatoms. The highest BCUT2D eigenvalue weighted by Crippen LogP contribution is 2.26. The van der Waals surface area contributed by atoms with Gasteiger partial charge in [-0.3, -0.25) is 9.59 Å². The van der Waals surface area contributed by atoms with E-state index in [4.69, 9.17) is 16.3 Å². The molecule has 0 radical (unpaired) electrons. The summed E-state index contributed by atoms with van der Waals surface area (Å²) in [7, 11) is -0.147. The third-order valence-electron chi connectivity index (χ3n) is 4.35. The van der Waals surface area contributed by atoms with Crippen molar-refractivity contribution in [3.63, 3.8) is 0 Å². The Morgan fingerprint density at radius 3 is 2.13 bits per heavy atom. The Labute approximate surface area is 191 Å². The first kappa shape index (κ1) is 27.4. The number of hydrogen-bond donors (Lipinski definition) is 0. The molecule has 0 N–H and O–H groups in total. The molecule has 31 heavy (non-hydrogen) atoms. The van der Waals surface area contributed by atoms with Crippen molar-refractivity contribution in [3.8, 4) is 0 Å². The van der Waals surface area contributed by atoms with E-state index in [0.29, 0.717) is 6.54 Å². The van der Waals surface area contributed by atoms with E-state index in [1.54, 1.807) is 34.6 Å². The second kappa shape index (κ2) is 11.3. The molecule has 1 aromatic rings. The molecule has 0 atom stereocenters. The van der Waals surface area contributed by atoms with Gasteiger partial charge >= 0.3 is 5.97 Å². The van der Waals surface area contributed by atoms with E-state index >= 15 is 0 Å². The number of amides is 1. The smallest absolute Gasteiger partial charge is 0.326 e. The zero-order valence-corrected chi connectivity index (χ0v) is 21.0. The topological polar surface area (TPSA) is 87.2 Å². The lowest BCUT2D eigenvalue weighted by Crippen LogP contribution is -2.42. The molecule has 0 aliphatic heterocycles. The summed E-state index contributed by atoms with van der Waals surface area (Å²) in [6.45, 7) is 9.81. The van der Waals surface area contributed by atoms with Gasteiger partial charge in [-0.05, 0) is 53.1 Å². The molecule has 0 aliphatic carbocycles. The average molecular weight is 476 g/mol. The van der Waals surface area contributed by atoms with Crippen LogP contribution in [0, 0.1) is 0 Å². The van der Waals surface area contributed by atoms with Gasteiger partial charge in [0, 0.05) is 31.7 Å². The van der Waals surface area contributed by atoms with Gasteiger partial charge in [0.15, 0.2) is 0 Å². The Kier molecular flexibility index (Phi) is 9.94. The molecule has 1 rings (SSSR count). The maximum Gasteiger partial charge on any atom is 0.326 e. The van der Waals surface area contributed by atoms with Crippen molar-refractivity contribution < 1.29 is 22.7 Å². The zero-order chi connectivity index (χ0) is 24.0. The van der Waals surface area contributed by atoms with Crippen LogP contribution in [0.15, 0.2) is 23.1 Å². The summed E-state index contributed by atoms with van der Waals surface area (Å²) < 4.78 is 32.5. The molecule has 0 bridgehead atoms. The van der Waals surface area contributed by atoms with E-state index in [2.05, 4.69) is 0 Å². The van der Waals surface area contributed by atoms with Gasteiger partial charge in [-0.1, -0.05) is 25.4 Å². The lowest BCUT2D eigenvalue weighted by atomic mass is 10.2. The molecule has 0 saturated carbocycles. The van der Waals surface area contributed by atoms with Crippen molar-refractivity contribution in [1.29, 1.82) is 0 Å². The lowest BCUT2D eigenvalue weighted by molar-refractivity contribution is -0.155. The lowest BCUT2D eigenvalue weighted by Gasteiger charge is -2.26. The van der Waals surface area contributed by atoms with Crippen LogP contribution in [-0.2, 0) is 19.6 Å². The van der Waals surface area contributed by atoms with Crippen LogP contribution in [0.4, 0.5) is 0 Å². The quantitative estimate of drug-likeness (QED) is 0.483. The molecule has 1 amide bonds. The molecule has 0 aromatic heterocycles. The van der Waals surface area contributed by atoms with Gasteiger partial charge in [0.05, 0.1) is 5.02 Å². The van der Waals surface area contributed by atoms with Crippen LogP contribution in [0.2, 0.25) is 5.02 Å². The van der Waals surface area contributed by atoms with Crippen molar-refractivity contribution in [3.05, 3.63) is 28.8 Å². The Morgan fingerprint density at radius 1 is 1.06 bits per heavy atom. The normalized spacial score (nSPS) is 12.3. The fourth-order valence-electron chi connectivity index (χ4n) is 2.82.